The number of amides is 2. The minimum Gasteiger partial charge on any atom is -0.381 e. The van der Waals surface area contributed by atoms with Crippen molar-refractivity contribution >= 4 is 11.8 Å². The topological polar surface area (TPSA) is 49.9 Å². The Balaban J connectivity index is 1.47. The molecule has 2 aliphatic heterocycles. The van der Waals surface area contributed by atoms with Gasteiger partial charge in [0.2, 0.25) is 11.8 Å². The van der Waals surface area contributed by atoms with Gasteiger partial charge in [0.25, 0.3) is 0 Å². The summed E-state index contributed by atoms with van der Waals surface area (Å²) in [5.74, 6) is 1.01. The van der Waals surface area contributed by atoms with Crippen LogP contribution in [0.2, 0.25) is 0 Å². The summed E-state index contributed by atoms with van der Waals surface area (Å²) in [6, 6.07) is 0. The van der Waals surface area contributed by atoms with Crippen molar-refractivity contribution in [3.8, 4) is 0 Å². The number of carbonyl (C=O) groups is 2. The molecule has 0 spiro atoms. The van der Waals surface area contributed by atoms with E-state index in [1.807, 2.05) is 9.80 Å². The maximum atomic E-state index is 12.5. The van der Waals surface area contributed by atoms with E-state index in [-0.39, 0.29) is 17.7 Å². The molecule has 0 aromatic rings. The van der Waals surface area contributed by atoms with Gasteiger partial charge in [-0.05, 0) is 38.0 Å². The molecule has 1 aliphatic carbocycles. The molecule has 3 aliphatic rings. The van der Waals surface area contributed by atoms with Gasteiger partial charge < -0.3 is 14.5 Å². The Morgan fingerprint density at radius 1 is 1.00 bits per heavy atom. The Morgan fingerprint density at radius 3 is 2.48 bits per heavy atom. The van der Waals surface area contributed by atoms with E-state index < -0.39 is 0 Å². The van der Waals surface area contributed by atoms with E-state index >= 15 is 0 Å². The zero-order valence-electron chi connectivity index (χ0n) is 13.9. The molecular weight excluding hydrogens is 292 g/mol. The minimum atomic E-state index is 0.136. The quantitative estimate of drug-likeness (QED) is 0.746. The normalized spacial score (nSPS) is 26.3. The first-order valence-corrected chi connectivity index (χ1v) is 9.03. The zero-order chi connectivity index (χ0) is 16.1. The van der Waals surface area contributed by atoms with Crippen molar-refractivity contribution in [1.29, 1.82) is 0 Å². The molecule has 5 nitrogen and oxygen atoms in total. The summed E-state index contributed by atoms with van der Waals surface area (Å²) >= 11 is 0. The predicted octanol–water partition coefficient (Wildman–Crippen LogP) is 1.83. The standard InChI is InChI=1S/C18H28N2O3/c21-17(13-15-5-3-12-23-14-15)19-8-4-9-20(11-10-19)18(22)16-6-1-2-7-16/h1-2,15-16H,3-14H2. The van der Waals surface area contributed by atoms with Gasteiger partial charge in [0.1, 0.15) is 0 Å². The van der Waals surface area contributed by atoms with Gasteiger partial charge in [0, 0.05) is 51.7 Å². The van der Waals surface area contributed by atoms with Crippen molar-refractivity contribution < 1.29 is 14.3 Å². The summed E-state index contributed by atoms with van der Waals surface area (Å²) < 4.78 is 5.47. The summed E-state index contributed by atoms with van der Waals surface area (Å²) in [6.45, 7) is 4.48. The van der Waals surface area contributed by atoms with Crippen LogP contribution in [0.15, 0.2) is 12.2 Å². The summed E-state index contributed by atoms with van der Waals surface area (Å²) in [6.07, 6.45) is 9.60. The lowest BCUT2D eigenvalue weighted by atomic mass is 9.98. The Bertz CT molecular complexity index is 449. The molecule has 2 saturated heterocycles. The third-order valence-corrected chi connectivity index (χ3v) is 5.24. The lowest BCUT2D eigenvalue weighted by molar-refractivity contribution is -0.136. The number of ether oxygens (including phenoxy) is 1. The van der Waals surface area contributed by atoms with Crippen LogP contribution >= 0.6 is 0 Å². The van der Waals surface area contributed by atoms with Crippen LogP contribution in [-0.4, -0.2) is 61.0 Å². The van der Waals surface area contributed by atoms with E-state index in [2.05, 4.69) is 12.2 Å². The summed E-state index contributed by atoms with van der Waals surface area (Å²) in [5, 5.41) is 0. The van der Waals surface area contributed by atoms with E-state index in [1.165, 1.54) is 0 Å². The highest BCUT2D eigenvalue weighted by atomic mass is 16.5. The van der Waals surface area contributed by atoms with Crippen molar-refractivity contribution in [2.75, 3.05) is 39.4 Å². The van der Waals surface area contributed by atoms with Gasteiger partial charge in [-0.15, -0.1) is 0 Å². The van der Waals surface area contributed by atoms with Gasteiger partial charge in [0.15, 0.2) is 0 Å². The molecule has 0 N–H and O–H groups in total. The summed E-state index contributed by atoms with van der Waals surface area (Å²) in [5.41, 5.74) is 0. The fourth-order valence-electron chi connectivity index (χ4n) is 3.81. The van der Waals surface area contributed by atoms with Crippen LogP contribution < -0.4 is 0 Å². The molecule has 1 unspecified atom stereocenters. The third kappa shape index (κ3) is 4.34. The van der Waals surface area contributed by atoms with Crippen LogP contribution in [0.4, 0.5) is 0 Å². The first-order chi connectivity index (χ1) is 11.2. The van der Waals surface area contributed by atoms with Gasteiger partial charge >= 0.3 is 0 Å². The fraction of sp³-hybridized carbons (Fsp3) is 0.778. The number of nitrogens with zero attached hydrogens (tertiary/aromatic N) is 2. The Kier molecular flexibility index (Phi) is 5.70. The molecule has 2 heterocycles. The number of hydrogen-bond acceptors (Lipinski definition) is 3. The smallest absolute Gasteiger partial charge is 0.226 e. The monoisotopic (exact) mass is 320 g/mol. The molecule has 3 rings (SSSR count). The lowest BCUT2D eigenvalue weighted by Gasteiger charge is -2.26. The Hall–Kier alpha value is -1.36. The SMILES string of the molecule is O=C(CC1CCCOC1)N1CCCN(C(=O)C2CC=CC2)CC1. The third-order valence-electron chi connectivity index (χ3n) is 5.24. The molecule has 0 saturated carbocycles. The van der Waals surface area contributed by atoms with Crippen molar-refractivity contribution in [1.82, 2.24) is 9.80 Å². The number of allylic oxidation sites excluding steroid dienone is 2. The average Bonchev–Trinajstić information content (AvgIpc) is 2.99. The van der Waals surface area contributed by atoms with Crippen LogP contribution in [0.5, 0.6) is 0 Å². The molecule has 128 valence electrons. The van der Waals surface area contributed by atoms with E-state index in [4.69, 9.17) is 4.74 Å². The zero-order valence-corrected chi connectivity index (χ0v) is 13.9. The second-order valence-electron chi connectivity index (χ2n) is 6.99. The van der Waals surface area contributed by atoms with E-state index in [9.17, 15) is 9.59 Å². The van der Waals surface area contributed by atoms with Gasteiger partial charge in [-0.3, -0.25) is 9.59 Å². The number of carbonyl (C=O) groups excluding carboxylic acids is 2. The van der Waals surface area contributed by atoms with Gasteiger partial charge in [-0.2, -0.15) is 0 Å². The molecule has 0 radical (unpaired) electrons. The van der Waals surface area contributed by atoms with Crippen molar-refractivity contribution in [3.63, 3.8) is 0 Å². The van der Waals surface area contributed by atoms with Crippen LogP contribution in [0, 0.1) is 11.8 Å². The molecule has 1 atom stereocenters. The lowest BCUT2D eigenvalue weighted by Crippen LogP contribution is -2.40. The molecule has 0 bridgehead atoms. The van der Waals surface area contributed by atoms with Crippen LogP contribution in [0.3, 0.4) is 0 Å². The maximum absolute atomic E-state index is 12.5. The summed E-state index contributed by atoms with van der Waals surface area (Å²) in [4.78, 5) is 28.9. The molecule has 2 amide bonds. The minimum absolute atomic E-state index is 0.136. The number of hydrogen-bond donors (Lipinski definition) is 0. The average molecular weight is 320 g/mol. The molecular formula is C18H28N2O3. The first kappa shape index (κ1) is 16.5. The van der Waals surface area contributed by atoms with Crippen LogP contribution in [-0.2, 0) is 14.3 Å². The van der Waals surface area contributed by atoms with Crippen LogP contribution in [0.25, 0.3) is 0 Å². The molecule has 2 fully saturated rings. The number of rotatable bonds is 3. The van der Waals surface area contributed by atoms with Gasteiger partial charge in [-0.1, -0.05) is 12.2 Å². The van der Waals surface area contributed by atoms with Crippen molar-refractivity contribution in [3.05, 3.63) is 12.2 Å². The van der Waals surface area contributed by atoms with E-state index in [0.717, 1.165) is 58.4 Å². The van der Waals surface area contributed by atoms with E-state index in [1.54, 1.807) is 0 Å². The second-order valence-corrected chi connectivity index (χ2v) is 6.99. The highest BCUT2D eigenvalue weighted by Crippen LogP contribution is 2.22. The fourth-order valence-corrected chi connectivity index (χ4v) is 3.81. The maximum Gasteiger partial charge on any atom is 0.226 e. The molecule has 5 heteroatoms. The second kappa shape index (κ2) is 7.95. The highest BCUT2D eigenvalue weighted by Gasteiger charge is 2.28. The molecule has 0 aromatic heterocycles. The Labute approximate surface area is 138 Å². The molecule has 23 heavy (non-hydrogen) atoms. The van der Waals surface area contributed by atoms with Crippen molar-refractivity contribution in [2.45, 2.75) is 38.5 Å². The van der Waals surface area contributed by atoms with Crippen molar-refractivity contribution in [2.24, 2.45) is 11.8 Å². The summed E-state index contributed by atoms with van der Waals surface area (Å²) in [7, 11) is 0. The van der Waals surface area contributed by atoms with E-state index in [0.29, 0.717) is 25.4 Å². The van der Waals surface area contributed by atoms with Gasteiger partial charge in [-0.25, -0.2) is 0 Å². The predicted molar refractivity (Wildman–Crippen MR) is 87.8 cm³/mol. The Morgan fingerprint density at radius 2 is 1.74 bits per heavy atom. The van der Waals surface area contributed by atoms with Crippen LogP contribution in [0.1, 0.15) is 38.5 Å². The first-order valence-electron chi connectivity index (χ1n) is 9.03. The highest BCUT2D eigenvalue weighted by molar-refractivity contribution is 5.80. The largest absolute Gasteiger partial charge is 0.381 e. The van der Waals surface area contributed by atoms with Gasteiger partial charge in [0.05, 0.1) is 0 Å². The molecule has 0 aromatic carbocycles.